The predicted molar refractivity (Wildman–Crippen MR) is 352 cm³/mol. The number of ether oxygens (including phenoxy) is 2. The van der Waals surface area contributed by atoms with Crippen molar-refractivity contribution >= 4 is 11.9 Å². The molecular formula is C76H142Cl2N2O4. The van der Waals surface area contributed by atoms with Crippen LogP contribution in [0.1, 0.15) is 339 Å². The molecule has 0 aromatic rings. The molecule has 0 aliphatic heterocycles. The van der Waals surface area contributed by atoms with Crippen LogP contribution < -0.4 is 24.8 Å². The fraction of sp³-hybridized carbons (Fsp3) is 0.947. The lowest BCUT2D eigenvalue weighted by atomic mass is 9.32. The summed E-state index contributed by atoms with van der Waals surface area (Å²) >= 11 is 0. The normalized spacial score (nSPS) is 28.9. The molecule has 0 N–H and O–H groups in total. The Hall–Kier alpha value is -0.820. The van der Waals surface area contributed by atoms with Crippen LogP contribution in [0.3, 0.4) is 0 Å². The van der Waals surface area contributed by atoms with Gasteiger partial charge in [0.15, 0.2) is 13.1 Å². The third-order valence-corrected chi connectivity index (χ3v) is 25.2. The molecule has 0 amide bonds. The van der Waals surface area contributed by atoms with Crippen molar-refractivity contribution in [2.45, 2.75) is 345 Å². The van der Waals surface area contributed by atoms with Crippen LogP contribution in [0.5, 0.6) is 0 Å². The molecule has 4 unspecified atom stereocenters. The number of hydrogen-bond donors (Lipinski definition) is 0. The summed E-state index contributed by atoms with van der Waals surface area (Å²) in [5, 5.41) is 0. The summed E-state index contributed by atoms with van der Waals surface area (Å²) in [7, 11) is 4.76. The quantitative estimate of drug-likeness (QED) is 0.0264. The molecule has 0 heterocycles. The van der Waals surface area contributed by atoms with Crippen molar-refractivity contribution in [2.75, 3.05) is 60.0 Å². The number of esters is 2. The summed E-state index contributed by atoms with van der Waals surface area (Å²) in [4.78, 5) is 28.9. The Morgan fingerprint density at radius 3 is 1.27 bits per heavy atom. The van der Waals surface area contributed by atoms with Gasteiger partial charge in [0.25, 0.3) is 0 Å². The molecule has 0 radical (unpaired) electrons. The first-order valence-electron chi connectivity index (χ1n) is 36.9. The molecule has 5 fully saturated rings. The van der Waals surface area contributed by atoms with Gasteiger partial charge in [-0.05, 0) is 168 Å². The van der Waals surface area contributed by atoms with Crippen LogP contribution in [-0.2, 0) is 19.1 Å². The van der Waals surface area contributed by atoms with Crippen molar-refractivity contribution in [1.82, 2.24) is 0 Å². The van der Waals surface area contributed by atoms with Gasteiger partial charge in [0.05, 0.1) is 46.9 Å². The highest BCUT2D eigenvalue weighted by molar-refractivity contribution is 5.71. The third kappa shape index (κ3) is 21.4. The van der Waals surface area contributed by atoms with Crippen molar-refractivity contribution in [1.29, 1.82) is 0 Å². The fourth-order valence-electron chi connectivity index (χ4n) is 19.9. The molecule has 5 aliphatic carbocycles. The molecule has 6 nitrogen and oxygen atoms in total. The largest absolute Gasteiger partial charge is 1.00 e. The van der Waals surface area contributed by atoms with E-state index in [9.17, 15) is 9.59 Å². The Morgan fingerprint density at radius 1 is 0.452 bits per heavy atom. The van der Waals surface area contributed by atoms with Crippen molar-refractivity contribution in [3.8, 4) is 0 Å². The molecule has 0 aromatic carbocycles. The molecule has 10 atom stereocenters. The number of nitrogens with zero attached hydrogens (tertiary/aromatic N) is 2. The van der Waals surface area contributed by atoms with Gasteiger partial charge >= 0.3 is 11.9 Å². The average molecular weight is 1220 g/mol. The van der Waals surface area contributed by atoms with E-state index in [4.69, 9.17) is 16.1 Å². The van der Waals surface area contributed by atoms with E-state index in [1.807, 2.05) is 0 Å². The summed E-state index contributed by atoms with van der Waals surface area (Å²) in [5.41, 5.74) is 2.02. The topological polar surface area (TPSA) is 52.6 Å². The van der Waals surface area contributed by atoms with Crippen molar-refractivity contribution < 1.29 is 52.8 Å². The minimum absolute atomic E-state index is 0. The van der Waals surface area contributed by atoms with Crippen molar-refractivity contribution in [2.24, 2.45) is 56.7 Å². The van der Waals surface area contributed by atoms with E-state index in [2.05, 4.69) is 83.3 Å². The summed E-state index contributed by atoms with van der Waals surface area (Å²) in [6.45, 7) is 35.5. The Kier molecular flexibility index (Phi) is 35.1. The zero-order valence-electron chi connectivity index (χ0n) is 58.1. The number of carbonyl (C=O) groups is 2. The van der Waals surface area contributed by atoms with Gasteiger partial charge in [-0.1, -0.05) is 229 Å². The number of unbranched alkanes of at least 4 members (excludes halogenated alkanes) is 28. The first-order chi connectivity index (χ1) is 39.2. The maximum absolute atomic E-state index is 14.4. The van der Waals surface area contributed by atoms with Crippen LogP contribution in [0.4, 0.5) is 0 Å². The number of allylic oxidation sites excluding steroid dienone is 1. The average Bonchev–Trinajstić information content (AvgIpc) is 1.01. The lowest BCUT2D eigenvalue weighted by Crippen LogP contribution is -3.00. The number of hydrogen-bond acceptors (Lipinski definition) is 4. The first-order valence-corrected chi connectivity index (χ1v) is 36.9. The van der Waals surface area contributed by atoms with Gasteiger partial charge in [-0.15, -0.1) is 0 Å². The van der Waals surface area contributed by atoms with E-state index in [0.717, 1.165) is 48.0 Å². The fourth-order valence-corrected chi connectivity index (χ4v) is 19.9. The third-order valence-electron chi connectivity index (χ3n) is 25.2. The summed E-state index contributed by atoms with van der Waals surface area (Å²) < 4.78 is 15.3. The van der Waals surface area contributed by atoms with Gasteiger partial charge < -0.3 is 43.3 Å². The first kappa shape index (κ1) is 77.4. The standard InChI is InChI=1S/C76H142N2O4.2ClH/c1-14-18-22-26-30-34-38-42-56-77(12,57-43-39-35-31-27-23-19-15-2)60-69(79)81-62-76-53-48-64(63(5)6)71(76)65-46-47-67-73(9)51-50-68(72(7,8)66(73)49-52-75(67,11)74(65,10)54-55-76)82-70(80)61-78(13,58-44-40-36-32-28-24-20-16-3)59-45-41-37-33-29-25-21-17-4;;/h64-68,71H,5,14-62H2,1-4,6-13H3;2*1H/q+2;;/p-2/t64-,65?,66?,67?,68-,71?,73-,74+,75+,76+;;/m0../s1. The van der Waals surface area contributed by atoms with Gasteiger partial charge in [-0.2, -0.15) is 0 Å². The number of halogens is 2. The Bertz CT molecular complexity index is 1800. The maximum atomic E-state index is 14.4. The van der Waals surface area contributed by atoms with Gasteiger partial charge in [-0.3, -0.25) is 0 Å². The number of carbonyl (C=O) groups excluding carboxylic acids is 2. The van der Waals surface area contributed by atoms with Crippen LogP contribution in [-0.4, -0.2) is 87.0 Å². The van der Waals surface area contributed by atoms with E-state index < -0.39 is 0 Å². The summed E-state index contributed by atoms with van der Waals surface area (Å²) in [6.07, 6.45) is 54.4. The molecule has 0 aromatic heterocycles. The number of fused-ring (bicyclic) bond motifs is 7. The van der Waals surface area contributed by atoms with Crippen LogP contribution >= 0.6 is 0 Å². The van der Waals surface area contributed by atoms with Crippen LogP contribution in [0.15, 0.2) is 12.2 Å². The molecule has 84 heavy (non-hydrogen) atoms. The van der Waals surface area contributed by atoms with E-state index in [1.54, 1.807) is 0 Å². The molecular weight excluding hydrogens is 1080 g/mol. The second-order valence-corrected chi connectivity index (χ2v) is 31.9. The monoisotopic (exact) mass is 1220 g/mol. The molecule has 494 valence electrons. The van der Waals surface area contributed by atoms with E-state index >= 15 is 0 Å². The molecule has 0 bridgehead atoms. The van der Waals surface area contributed by atoms with E-state index in [1.165, 1.54) is 262 Å². The minimum atomic E-state index is -0.0701. The van der Waals surface area contributed by atoms with Gasteiger partial charge in [0.1, 0.15) is 6.10 Å². The zero-order chi connectivity index (χ0) is 59.8. The highest BCUT2D eigenvalue weighted by Gasteiger charge is 2.71. The highest BCUT2D eigenvalue weighted by atomic mass is 35.5. The Labute approximate surface area is 535 Å². The summed E-state index contributed by atoms with van der Waals surface area (Å²) in [5.74, 6) is 2.95. The van der Waals surface area contributed by atoms with Crippen molar-refractivity contribution in [3.05, 3.63) is 12.2 Å². The number of quaternary nitrogens is 2. The van der Waals surface area contributed by atoms with E-state index in [-0.39, 0.29) is 69.9 Å². The summed E-state index contributed by atoms with van der Waals surface area (Å²) in [6, 6.07) is 0. The minimum Gasteiger partial charge on any atom is -1.00 e. The predicted octanol–water partition coefficient (Wildman–Crippen LogP) is 15.6. The Morgan fingerprint density at radius 2 is 0.857 bits per heavy atom. The molecule has 5 aliphatic rings. The Balaban J connectivity index is 0.00000924. The maximum Gasteiger partial charge on any atom is 0.362 e. The molecule has 5 saturated carbocycles. The van der Waals surface area contributed by atoms with Crippen LogP contribution in [0.2, 0.25) is 0 Å². The van der Waals surface area contributed by atoms with Crippen LogP contribution in [0.25, 0.3) is 0 Å². The van der Waals surface area contributed by atoms with Gasteiger partial charge in [0.2, 0.25) is 0 Å². The highest BCUT2D eigenvalue weighted by Crippen LogP contribution is 2.77. The lowest BCUT2D eigenvalue weighted by Gasteiger charge is -2.73. The van der Waals surface area contributed by atoms with Gasteiger partial charge in [-0.25, -0.2) is 9.59 Å². The number of likely N-dealkylation sites (N-methyl/N-ethyl adjacent to an activating group) is 2. The second-order valence-electron chi connectivity index (χ2n) is 31.9. The van der Waals surface area contributed by atoms with Crippen LogP contribution in [0, 0.1) is 56.7 Å². The van der Waals surface area contributed by atoms with E-state index in [0.29, 0.717) is 49.3 Å². The van der Waals surface area contributed by atoms with Crippen molar-refractivity contribution in [3.63, 3.8) is 0 Å². The lowest BCUT2D eigenvalue weighted by molar-refractivity contribution is -0.903. The second kappa shape index (κ2) is 38.1. The molecule has 8 heteroatoms. The van der Waals surface area contributed by atoms with Gasteiger partial charge in [0, 0.05) is 10.8 Å². The molecule has 0 saturated heterocycles. The SMILES string of the molecule is C=C(C)[C@@H]1CC[C@]2(COC(=O)C[N+](C)(CCCCCCCCCC)CCCCCCCCCC)CC[C@]3(C)C(CCC4[C@@]5(C)CC[C@H](OC(=O)C[N+](C)(CCCCCCCCCC)CCCCCCCCCC)C(C)(C)C5CC[C@]43C)C12.[Cl-].[Cl-]. The zero-order valence-corrected chi connectivity index (χ0v) is 59.6. The molecule has 5 rings (SSSR count). The smallest absolute Gasteiger partial charge is 0.362 e. The number of rotatable bonds is 44. The molecule has 0 spiro atoms.